The molecule has 2 rings (SSSR count). The fraction of sp³-hybridized carbons (Fsp3) is 0.565. The molecule has 38 heavy (non-hydrogen) atoms. The number of tetrazole rings is 1. The van der Waals surface area contributed by atoms with Crippen LogP contribution in [0.5, 0.6) is 0 Å². The molecule has 3 amide bonds. The summed E-state index contributed by atoms with van der Waals surface area (Å²) in [4.78, 5) is 48.7. The molecule has 15 nitrogen and oxygen atoms in total. The molecule has 0 saturated heterocycles. The predicted molar refractivity (Wildman–Crippen MR) is 131 cm³/mol. The molecule has 1 aromatic carbocycles. The number of aryl methyl sites for hydroxylation is 1. The fourth-order valence-corrected chi connectivity index (χ4v) is 3.42. The first-order chi connectivity index (χ1) is 18.2. The molecule has 15 heteroatoms. The van der Waals surface area contributed by atoms with Crippen molar-refractivity contribution in [1.82, 2.24) is 36.1 Å². The Morgan fingerprint density at radius 2 is 1.58 bits per heavy atom. The van der Waals surface area contributed by atoms with Gasteiger partial charge in [0.05, 0.1) is 0 Å². The number of hydrogen-bond donors (Lipinski definition) is 5. The molecular weight excluding hydrogens is 502 g/mol. The van der Waals surface area contributed by atoms with Crippen molar-refractivity contribution in [2.24, 2.45) is 0 Å². The molecule has 1 unspecified atom stereocenters. The van der Waals surface area contributed by atoms with Crippen LogP contribution in [0.2, 0.25) is 0 Å². The average molecular weight is 538 g/mol. The molecule has 5 N–H and O–H groups in total. The quantitative estimate of drug-likeness (QED) is 0.160. The van der Waals surface area contributed by atoms with Crippen molar-refractivity contribution in [1.29, 1.82) is 0 Å². The van der Waals surface area contributed by atoms with E-state index in [9.17, 15) is 29.7 Å². The fourth-order valence-electron chi connectivity index (χ4n) is 3.42. The van der Waals surface area contributed by atoms with Gasteiger partial charge in [0.1, 0.15) is 44.4 Å². The van der Waals surface area contributed by atoms with E-state index in [4.69, 9.17) is 9.68 Å². The van der Waals surface area contributed by atoms with Gasteiger partial charge in [-0.3, -0.25) is 24.1 Å². The van der Waals surface area contributed by atoms with E-state index in [0.29, 0.717) is 24.2 Å². The summed E-state index contributed by atoms with van der Waals surface area (Å²) in [5.41, 5.74) is 5.45. The molecule has 0 spiro atoms. The third-order valence-electron chi connectivity index (χ3n) is 5.21. The predicted octanol–water partition coefficient (Wildman–Crippen LogP) is -1.26. The maximum absolute atomic E-state index is 12.9. The Hall–Kier alpha value is -3.50. The average Bonchev–Trinajstić information content (AvgIpc) is 3.39. The summed E-state index contributed by atoms with van der Waals surface area (Å²) in [5.74, 6) is -1.44. The maximum Gasteiger partial charge on any atom is 0.274 e. The van der Waals surface area contributed by atoms with E-state index in [0.717, 1.165) is 17.5 Å². The standard InChI is InChI=1S/C23H35N7O8/c1-4-6-29(7-5-2)23(36)17-9-15(3)8-16(10-17)22(35)26-38-13-19(32)21(34)18(31)12-37-25-20(33)11-30-14-24-27-28-30/h8-10,14,18-19,21,31-32,34H,4-7,11-13H2,1-3H3,(H,25,33)(H,26,35)/t18?,19-,21+/m0/s1. The van der Waals surface area contributed by atoms with Gasteiger partial charge in [-0.25, -0.2) is 15.6 Å². The van der Waals surface area contributed by atoms with Crippen LogP contribution in [0.4, 0.5) is 0 Å². The topological polar surface area (TPSA) is 201 Å². The van der Waals surface area contributed by atoms with E-state index in [-0.39, 0.29) is 18.0 Å². The molecule has 210 valence electrons. The Labute approximate surface area is 219 Å². The normalized spacial score (nSPS) is 13.4. The number of amides is 3. The van der Waals surface area contributed by atoms with Gasteiger partial charge in [-0.2, -0.15) is 0 Å². The number of benzene rings is 1. The van der Waals surface area contributed by atoms with Gasteiger partial charge >= 0.3 is 0 Å². The van der Waals surface area contributed by atoms with Gasteiger partial charge in [-0.05, 0) is 54.0 Å². The monoisotopic (exact) mass is 537 g/mol. The highest BCUT2D eigenvalue weighted by Crippen LogP contribution is 2.13. The molecular formula is C23H35N7O8. The first kappa shape index (κ1) is 30.7. The minimum absolute atomic E-state index is 0.172. The lowest BCUT2D eigenvalue weighted by Crippen LogP contribution is -2.45. The Morgan fingerprint density at radius 3 is 2.16 bits per heavy atom. The molecule has 0 bridgehead atoms. The number of hydrogen-bond acceptors (Lipinski definition) is 11. The van der Waals surface area contributed by atoms with Gasteiger partial charge in [0.2, 0.25) is 0 Å². The Morgan fingerprint density at radius 1 is 0.974 bits per heavy atom. The van der Waals surface area contributed by atoms with E-state index in [1.165, 1.54) is 12.4 Å². The van der Waals surface area contributed by atoms with Crippen molar-refractivity contribution < 1.29 is 39.4 Å². The molecule has 0 radical (unpaired) electrons. The van der Waals surface area contributed by atoms with E-state index >= 15 is 0 Å². The highest BCUT2D eigenvalue weighted by Gasteiger charge is 2.26. The van der Waals surface area contributed by atoms with Crippen LogP contribution in [0.15, 0.2) is 24.5 Å². The first-order valence-electron chi connectivity index (χ1n) is 12.1. The lowest BCUT2D eigenvalue weighted by molar-refractivity contribution is -0.146. The van der Waals surface area contributed by atoms with Crippen molar-refractivity contribution in [2.75, 3.05) is 26.3 Å². The molecule has 0 aliphatic heterocycles. The summed E-state index contributed by atoms with van der Waals surface area (Å²) in [5, 5.41) is 40.3. The van der Waals surface area contributed by atoms with E-state index in [2.05, 4.69) is 21.0 Å². The summed E-state index contributed by atoms with van der Waals surface area (Å²) in [6.45, 7) is 5.61. The number of nitrogens with one attached hydrogen (secondary N) is 2. The molecule has 0 fully saturated rings. The number of nitrogens with zero attached hydrogens (tertiary/aromatic N) is 5. The van der Waals surface area contributed by atoms with Crippen LogP contribution in [-0.4, -0.2) is 103 Å². The van der Waals surface area contributed by atoms with Gasteiger partial charge in [0.25, 0.3) is 17.7 Å². The van der Waals surface area contributed by atoms with Crippen molar-refractivity contribution in [2.45, 2.75) is 58.5 Å². The minimum atomic E-state index is -1.71. The van der Waals surface area contributed by atoms with Crippen LogP contribution in [0, 0.1) is 6.92 Å². The number of aliphatic hydroxyl groups excluding tert-OH is 3. The van der Waals surface area contributed by atoms with Gasteiger partial charge in [-0.15, -0.1) is 5.10 Å². The molecule has 0 aliphatic rings. The third kappa shape index (κ3) is 9.75. The molecule has 0 saturated carbocycles. The molecule has 2 aromatic rings. The van der Waals surface area contributed by atoms with Crippen molar-refractivity contribution in [3.63, 3.8) is 0 Å². The van der Waals surface area contributed by atoms with Crippen LogP contribution in [0.25, 0.3) is 0 Å². The van der Waals surface area contributed by atoms with Crippen LogP contribution in [-0.2, 0) is 21.0 Å². The number of carbonyl (C=O) groups is 3. The largest absolute Gasteiger partial charge is 0.388 e. The SMILES string of the molecule is CCCN(CCC)C(=O)c1cc(C)cc(C(=O)NOC[C@H](O)[C@H](O)C(O)CONC(=O)Cn2cnnn2)c1. The Balaban J connectivity index is 1.81. The lowest BCUT2D eigenvalue weighted by atomic mass is 10.0. The van der Waals surface area contributed by atoms with Crippen molar-refractivity contribution >= 4 is 17.7 Å². The van der Waals surface area contributed by atoms with E-state index < -0.39 is 43.3 Å². The maximum atomic E-state index is 12.9. The Kier molecular flexibility index (Phi) is 12.7. The lowest BCUT2D eigenvalue weighted by Gasteiger charge is -2.23. The smallest absolute Gasteiger partial charge is 0.274 e. The second kappa shape index (κ2) is 15.7. The number of aromatic nitrogens is 4. The third-order valence-corrected chi connectivity index (χ3v) is 5.21. The minimum Gasteiger partial charge on any atom is -0.388 e. The molecule has 1 aromatic heterocycles. The van der Waals surface area contributed by atoms with Crippen LogP contribution in [0.1, 0.15) is 53.0 Å². The molecule has 1 heterocycles. The number of aliphatic hydroxyl groups is 3. The zero-order valence-electron chi connectivity index (χ0n) is 21.6. The second-order valence-corrected chi connectivity index (χ2v) is 8.59. The summed E-state index contributed by atoms with van der Waals surface area (Å²) >= 11 is 0. The first-order valence-corrected chi connectivity index (χ1v) is 12.1. The van der Waals surface area contributed by atoms with E-state index in [1.54, 1.807) is 24.0 Å². The summed E-state index contributed by atoms with van der Waals surface area (Å²) in [6.07, 6.45) is -2.06. The second-order valence-electron chi connectivity index (χ2n) is 8.59. The zero-order chi connectivity index (χ0) is 28.1. The summed E-state index contributed by atoms with van der Waals surface area (Å²) < 4.78 is 1.14. The van der Waals surface area contributed by atoms with Gasteiger partial charge < -0.3 is 20.2 Å². The number of hydroxylamine groups is 2. The van der Waals surface area contributed by atoms with Gasteiger partial charge in [0, 0.05) is 24.2 Å². The highest BCUT2D eigenvalue weighted by atomic mass is 16.7. The highest BCUT2D eigenvalue weighted by molar-refractivity contribution is 5.99. The van der Waals surface area contributed by atoms with Gasteiger partial charge in [-0.1, -0.05) is 13.8 Å². The Bertz CT molecular complexity index is 1030. The number of carbonyl (C=O) groups excluding carboxylic acids is 3. The van der Waals surface area contributed by atoms with Crippen LogP contribution in [0.3, 0.4) is 0 Å². The van der Waals surface area contributed by atoms with Crippen molar-refractivity contribution in [3.05, 3.63) is 41.2 Å². The number of rotatable bonds is 16. The van der Waals surface area contributed by atoms with Crippen LogP contribution >= 0.6 is 0 Å². The van der Waals surface area contributed by atoms with Gasteiger partial charge in [0.15, 0.2) is 0 Å². The molecule has 3 atom stereocenters. The summed E-state index contributed by atoms with van der Waals surface area (Å²) in [6, 6.07) is 4.75. The van der Waals surface area contributed by atoms with Crippen molar-refractivity contribution in [3.8, 4) is 0 Å². The van der Waals surface area contributed by atoms with E-state index in [1.807, 2.05) is 19.3 Å². The summed E-state index contributed by atoms with van der Waals surface area (Å²) in [7, 11) is 0. The zero-order valence-corrected chi connectivity index (χ0v) is 21.6. The molecule has 0 aliphatic carbocycles. The van der Waals surface area contributed by atoms with Crippen LogP contribution < -0.4 is 11.0 Å².